The largest absolute Gasteiger partial charge is 0.369 e. The van der Waals surface area contributed by atoms with E-state index in [2.05, 4.69) is 0 Å². The highest BCUT2D eigenvalue weighted by Crippen LogP contribution is 2.23. The second kappa shape index (κ2) is 7.57. The van der Waals surface area contributed by atoms with Crippen LogP contribution in [0, 0.1) is 5.82 Å². The minimum atomic E-state index is -3.65. The predicted octanol–water partition coefficient (Wildman–Crippen LogP) is 2.13. The summed E-state index contributed by atoms with van der Waals surface area (Å²) in [4.78, 5) is 2.37. The molecule has 2 aromatic rings. The summed E-state index contributed by atoms with van der Waals surface area (Å²) in [5, 5.41) is 0. The van der Waals surface area contributed by atoms with Crippen molar-refractivity contribution in [3.05, 3.63) is 54.3 Å². The van der Waals surface area contributed by atoms with Crippen LogP contribution in [0.3, 0.4) is 0 Å². The van der Waals surface area contributed by atoms with E-state index in [0.717, 1.165) is 17.8 Å². The molecule has 0 bridgehead atoms. The molecule has 6 nitrogen and oxygen atoms in total. The highest BCUT2D eigenvalue weighted by molar-refractivity contribution is 7.91. The monoisotopic (exact) mass is 412 g/mol. The Hall–Kier alpha value is -1.97. The molecule has 1 saturated heterocycles. The Morgan fingerprint density at radius 2 is 1.33 bits per heavy atom. The number of anilines is 1. The van der Waals surface area contributed by atoms with Gasteiger partial charge in [0.25, 0.3) is 0 Å². The van der Waals surface area contributed by atoms with Gasteiger partial charge in [-0.3, -0.25) is 0 Å². The number of benzene rings is 2. The Kier molecular flexibility index (Phi) is 5.55. The summed E-state index contributed by atoms with van der Waals surface area (Å²) in [6.45, 7) is 3.17. The molecule has 1 fully saturated rings. The van der Waals surface area contributed by atoms with Crippen LogP contribution in [-0.4, -0.2) is 53.1 Å². The van der Waals surface area contributed by atoms with Gasteiger partial charge >= 0.3 is 0 Å². The lowest BCUT2D eigenvalue weighted by molar-refractivity contribution is 0.385. The fourth-order valence-electron chi connectivity index (χ4n) is 2.97. The molecule has 0 saturated carbocycles. The Morgan fingerprint density at radius 3 is 1.85 bits per heavy atom. The molecular formula is C18H21FN2O4S2. The van der Waals surface area contributed by atoms with E-state index in [1.807, 2.05) is 4.90 Å². The molecule has 0 aliphatic carbocycles. The molecule has 0 aromatic heterocycles. The van der Waals surface area contributed by atoms with Gasteiger partial charge in [0.1, 0.15) is 5.82 Å². The Morgan fingerprint density at radius 1 is 0.815 bits per heavy atom. The molecule has 0 atom stereocenters. The van der Waals surface area contributed by atoms with Crippen molar-refractivity contribution < 1.29 is 21.2 Å². The van der Waals surface area contributed by atoms with Gasteiger partial charge in [0.15, 0.2) is 9.84 Å². The van der Waals surface area contributed by atoms with Crippen LogP contribution in [-0.2, 0) is 19.9 Å². The van der Waals surface area contributed by atoms with E-state index >= 15 is 0 Å². The molecule has 27 heavy (non-hydrogen) atoms. The molecule has 0 N–H and O–H groups in total. The first-order valence-corrected chi connectivity index (χ1v) is 11.7. The molecular weight excluding hydrogens is 391 g/mol. The van der Waals surface area contributed by atoms with Crippen LogP contribution in [0.25, 0.3) is 0 Å². The fourth-order valence-corrected chi connectivity index (χ4v) is 5.28. The van der Waals surface area contributed by atoms with Crippen molar-refractivity contribution in [1.82, 2.24) is 4.31 Å². The highest BCUT2D eigenvalue weighted by atomic mass is 32.2. The van der Waals surface area contributed by atoms with Crippen molar-refractivity contribution in [3.8, 4) is 0 Å². The molecule has 9 heteroatoms. The fraction of sp³-hybridized carbons (Fsp3) is 0.333. The van der Waals surface area contributed by atoms with Crippen molar-refractivity contribution in [1.29, 1.82) is 0 Å². The molecule has 1 aliphatic rings. The normalized spacial score (nSPS) is 16.4. The molecule has 0 amide bonds. The molecule has 2 aromatic carbocycles. The molecule has 0 spiro atoms. The first-order valence-electron chi connectivity index (χ1n) is 8.57. The lowest BCUT2D eigenvalue weighted by Gasteiger charge is -2.35. The van der Waals surface area contributed by atoms with Gasteiger partial charge in [0.05, 0.1) is 15.5 Å². The average molecular weight is 413 g/mol. The molecule has 0 unspecified atom stereocenters. The topological polar surface area (TPSA) is 74.8 Å². The van der Waals surface area contributed by atoms with Crippen molar-refractivity contribution in [2.24, 2.45) is 0 Å². The summed E-state index contributed by atoms with van der Waals surface area (Å²) < 4.78 is 63.5. The van der Waals surface area contributed by atoms with E-state index in [4.69, 9.17) is 0 Å². The summed E-state index contributed by atoms with van der Waals surface area (Å²) in [6, 6.07) is 11.4. The van der Waals surface area contributed by atoms with Crippen LogP contribution in [0.2, 0.25) is 0 Å². The van der Waals surface area contributed by atoms with Crippen LogP contribution in [0.15, 0.2) is 58.3 Å². The van der Waals surface area contributed by atoms with Crippen LogP contribution in [0.5, 0.6) is 0 Å². The van der Waals surface area contributed by atoms with E-state index in [-0.39, 0.29) is 15.5 Å². The van der Waals surface area contributed by atoms with E-state index < -0.39 is 25.7 Å². The number of hydrogen-bond acceptors (Lipinski definition) is 5. The summed E-state index contributed by atoms with van der Waals surface area (Å²) in [7, 11) is -6.89. The second-order valence-electron chi connectivity index (χ2n) is 6.24. The highest BCUT2D eigenvalue weighted by Gasteiger charge is 2.28. The Bertz CT molecular complexity index is 996. The van der Waals surface area contributed by atoms with E-state index in [0.29, 0.717) is 26.2 Å². The smallest absolute Gasteiger partial charge is 0.243 e. The van der Waals surface area contributed by atoms with Gasteiger partial charge in [0.2, 0.25) is 10.0 Å². The minimum absolute atomic E-state index is 0.0479. The number of hydrogen-bond donors (Lipinski definition) is 0. The lowest BCUT2D eigenvalue weighted by atomic mass is 10.2. The maximum atomic E-state index is 13.0. The molecule has 146 valence electrons. The van der Waals surface area contributed by atoms with E-state index in [1.165, 1.54) is 16.4 Å². The summed E-state index contributed by atoms with van der Waals surface area (Å²) >= 11 is 0. The maximum absolute atomic E-state index is 13.0. The van der Waals surface area contributed by atoms with Crippen molar-refractivity contribution in [3.63, 3.8) is 0 Å². The third-order valence-corrected chi connectivity index (χ3v) is 8.29. The number of piperazine rings is 1. The number of sulfone groups is 1. The number of halogens is 1. The number of nitrogens with zero attached hydrogens (tertiary/aromatic N) is 2. The Labute approximate surface area is 159 Å². The van der Waals surface area contributed by atoms with Crippen molar-refractivity contribution in [2.75, 3.05) is 36.8 Å². The first-order chi connectivity index (χ1) is 12.7. The molecule has 1 aliphatic heterocycles. The minimum Gasteiger partial charge on any atom is -0.369 e. The van der Waals surface area contributed by atoms with E-state index in [1.54, 1.807) is 31.2 Å². The zero-order valence-electron chi connectivity index (χ0n) is 14.9. The zero-order valence-corrected chi connectivity index (χ0v) is 16.5. The SMILES string of the molecule is CCS(=O)(=O)c1ccc(N2CCN(S(=O)(=O)c3ccc(F)cc3)CC2)cc1. The number of rotatable bonds is 5. The van der Waals surface area contributed by atoms with Gasteiger partial charge in [-0.25, -0.2) is 21.2 Å². The standard InChI is InChI=1S/C18H21FN2O4S2/c1-2-26(22,23)17-9-5-16(6-10-17)20-11-13-21(14-12-20)27(24,25)18-7-3-15(19)4-8-18/h3-10H,2,11-14H2,1H3. The summed E-state index contributed by atoms with van der Waals surface area (Å²) in [5.41, 5.74) is 0.851. The quantitative estimate of drug-likeness (QED) is 0.752. The van der Waals surface area contributed by atoms with Gasteiger partial charge in [0, 0.05) is 31.9 Å². The first kappa shape index (κ1) is 19.8. The second-order valence-corrected chi connectivity index (χ2v) is 10.5. The van der Waals surface area contributed by atoms with Gasteiger partial charge in [-0.15, -0.1) is 0 Å². The zero-order chi connectivity index (χ0) is 19.7. The van der Waals surface area contributed by atoms with E-state index in [9.17, 15) is 21.2 Å². The van der Waals surface area contributed by atoms with Crippen LogP contribution < -0.4 is 4.90 Å². The third kappa shape index (κ3) is 4.15. The lowest BCUT2D eigenvalue weighted by Crippen LogP contribution is -2.48. The molecule has 1 heterocycles. The summed E-state index contributed by atoms with van der Waals surface area (Å²) in [6.07, 6.45) is 0. The maximum Gasteiger partial charge on any atom is 0.243 e. The Balaban J connectivity index is 1.69. The van der Waals surface area contributed by atoms with Gasteiger partial charge in [-0.05, 0) is 48.5 Å². The summed E-state index contributed by atoms with van der Waals surface area (Å²) in [5.74, 6) is -0.431. The van der Waals surface area contributed by atoms with Crippen LogP contribution in [0.1, 0.15) is 6.92 Å². The predicted molar refractivity (Wildman–Crippen MR) is 102 cm³/mol. The van der Waals surface area contributed by atoms with Gasteiger partial charge in [-0.1, -0.05) is 6.92 Å². The van der Waals surface area contributed by atoms with Crippen LogP contribution >= 0.6 is 0 Å². The van der Waals surface area contributed by atoms with Crippen molar-refractivity contribution >= 4 is 25.5 Å². The third-order valence-electron chi connectivity index (χ3n) is 4.63. The molecule has 3 rings (SSSR count). The van der Waals surface area contributed by atoms with Crippen LogP contribution in [0.4, 0.5) is 10.1 Å². The average Bonchev–Trinajstić information content (AvgIpc) is 2.68. The van der Waals surface area contributed by atoms with Gasteiger partial charge in [-0.2, -0.15) is 4.31 Å². The molecule has 0 radical (unpaired) electrons. The number of sulfonamides is 1. The van der Waals surface area contributed by atoms with Gasteiger partial charge < -0.3 is 4.90 Å². The van der Waals surface area contributed by atoms with Crippen molar-refractivity contribution in [2.45, 2.75) is 16.7 Å².